The van der Waals surface area contributed by atoms with E-state index in [2.05, 4.69) is 15.0 Å². The fourth-order valence-corrected chi connectivity index (χ4v) is 1.31. The Morgan fingerprint density at radius 2 is 2.17 bits per heavy atom. The van der Waals surface area contributed by atoms with Crippen LogP contribution in [-0.2, 0) is 14.3 Å². The van der Waals surface area contributed by atoms with Crippen molar-refractivity contribution in [2.75, 3.05) is 11.9 Å². The fourth-order valence-electron chi connectivity index (χ4n) is 0.777. The lowest BCUT2D eigenvalue weighted by molar-refractivity contribution is -0.182. The van der Waals surface area contributed by atoms with E-state index >= 15 is 0 Å². The second-order valence-corrected chi connectivity index (χ2v) is 3.78. The smallest absolute Gasteiger partial charge is 0.422 e. The largest absolute Gasteiger partial charge is 0.453 e. The zero-order valence-electron chi connectivity index (χ0n) is 8.73. The molecule has 0 radical (unpaired) electrons. The van der Waals surface area contributed by atoms with Crippen molar-refractivity contribution < 1.29 is 27.5 Å². The molecule has 0 aliphatic rings. The number of aromatic nitrogens is 1. The predicted octanol–water partition coefficient (Wildman–Crippen LogP) is 1.74. The van der Waals surface area contributed by atoms with Crippen LogP contribution < -0.4 is 5.32 Å². The standard InChI is InChI=1S/C9H7F3N2O3S/c10-9(11,12)5-17-7(16)2-1-6(15)14-8-13-3-4-18-8/h1-4H,5H2,(H,13,14,15)/b2-1+. The third-order valence-corrected chi connectivity index (χ3v) is 2.10. The number of hydrogen-bond acceptors (Lipinski definition) is 5. The van der Waals surface area contributed by atoms with Crippen molar-refractivity contribution in [3.8, 4) is 0 Å². The van der Waals surface area contributed by atoms with Crippen molar-refractivity contribution >= 4 is 28.3 Å². The van der Waals surface area contributed by atoms with Gasteiger partial charge in [-0.25, -0.2) is 9.78 Å². The first kappa shape index (κ1) is 14.2. The van der Waals surface area contributed by atoms with Crippen LogP contribution in [0.5, 0.6) is 0 Å². The van der Waals surface area contributed by atoms with Gasteiger partial charge in [0.05, 0.1) is 0 Å². The number of thiazole rings is 1. The Hall–Kier alpha value is -1.90. The molecule has 1 N–H and O–H groups in total. The molecule has 0 aromatic carbocycles. The molecule has 9 heteroatoms. The molecule has 0 spiro atoms. The number of rotatable bonds is 4. The van der Waals surface area contributed by atoms with Gasteiger partial charge in [-0.15, -0.1) is 11.3 Å². The Kier molecular flexibility index (Phi) is 4.84. The van der Waals surface area contributed by atoms with Gasteiger partial charge in [0.15, 0.2) is 11.7 Å². The average molecular weight is 280 g/mol. The first-order valence-corrected chi connectivity index (χ1v) is 5.37. The maximum Gasteiger partial charge on any atom is 0.422 e. The maximum absolute atomic E-state index is 11.7. The monoisotopic (exact) mass is 280 g/mol. The fraction of sp³-hybridized carbons (Fsp3) is 0.222. The summed E-state index contributed by atoms with van der Waals surface area (Å²) in [4.78, 5) is 25.7. The van der Waals surface area contributed by atoms with Crippen molar-refractivity contribution in [2.24, 2.45) is 0 Å². The lowest BCUT2D eigenvalue weighted by Gasteiger charge is -2.05. The third kappa shape index (κ3) is 5.99. The van der Waals surface area contributed by atoms with Crippen molar-refractivity contribution in [3.05, 3.63) is 23.7 Å². The van der Waals surface area contributed by atoms with Gasteiger partial charge < -0.3 is 4.74 Å². The second kappa shape index (κ2) is 6.15. The van der Waals surface area contributed by atoms with E-state index < -0.39 is 24.7 Å². The van der Waals surface area contributed by atoms with Crippen LogP contribution in [0.15, 0.2) is 23.7 Å². The van der Waals surface area contributed by atoms with Gasteiger partial charge in [-0.05, 0) is 0 Å². The van der Waals surface area contributed by atoms with Crippen LogP contribution in [0.3, 0.4) is 0 Å². The highest BCUT2D eigenvalue weighted by Gasteiger charge is 2.29. The lowest BCUT2D eigenvalue weighted by Crippen LogP contribution is -2.19. The summed E-state index contributed by atoms with van der Waals surface area (Å²) in [6, 6.07) is 0. The van der Waals surface area contributed by atoms with Gasteiger partial charge in [0.1, 0.15) is 0 Å². The minimum Gasteiger partial charge on any atom is -0.453 e. The number of anilines is 1. The number of amides is 1. The average Bonchev–Trinajstić information content (AvgIpc) is 2.75. The Morgan fingerprint density at radius 1 is 1.44 bits per heavy atom. The number of carbonyl (C=O) groups is 2. The van der Waals surface area contributed by atoms with Gasteiger partial charge >= 0.3 is 12.1 Å². The van der Waals surface area contributed by atoms with Crippen LogP contribution in [0.1, 0.15) is 0 Å². The predicted molar refractivity (Wildman–Crippen MR) is 56.9 cm³/mol. The van der Waals surface area contributed by atoms with Crippen molar-refractivity contribution in [3.63, 3.8) is 0 Å². The van der Waals surface area contributed by atoms with E-state index in [0.717, 1.165) is 17.4 Å². The van der Waals surface area contributed by atoms with Crippen LogP contribution in [0.25, 0.3) is 0 Å². The minimum absolute atomic E-state index is 0.313. The maximum atomic E-state index is 11.7. The molecule has 0 saturated carbocycles. The van der Waals surface area contributed by atoms with E-state index in [1.807, 2.05) is 0 Å². The topological polar surface area (TPSA) is 68.3 Å². The molecule has 0 atom stereocenters. The second-order valence-electron chi connectivity index (χ2n) is 2.88. The Labute approximate surface area is 103 Å². The zero-order chi connectivity index (χ0) is 13.6. The number of carbonyl (C=O) groups excluding carboxylic acids is 2. The number of nitrogens with one attached hydrogen (secondary N) is 1. The lowest BCUT2D eigenvalue weighted by atomic mass is 10.4. The molecule has 0 aliphatic heterocycles. The molecule has 98 valence electrons. The molecule has 1 aromatic heterocycles. The van der Waals surface area contributed by atoms with Gasteiger partial charge in [-0.3, -0.25) is 10.1 Å². The first-order chi connectivity index (χ1) is 8.37. The number of alkyl halides is 3. The SMILES string of the molecule is O=C(/C=C/C(=O)OCC(F)(F)F)Nc1nccs1. The van der Waals surface area contributed by atoms with Crippen molar-refractivity contribution in [1.82, 2.24) is 4.98 Å². The van der Waals surface area contributed by atoms with Crippen LogP contribution >= 0.6 is 11.3 Å². The summed E-state index contributed by atoms with van der Waals surface area (Å²) in [5.41, 5.74) is 0. The van der Waals surface area contributed by atoms with Crippen LogP contribution in [0.2, 0.25) is 0 Å². The summed E-state index contributed by atoms with van der Waals surface area (Å²) >= 11 is 1.16. The number of halogens is 3. The molecule has 0 fully saturated rings. The number of hydrogen-bond donors (Lipinski definition) is 1. The van der Waals surface area contributed by atoms with Gasteiger partial charge in [-0.2, -0.15) is 13.2 Å². The molecule has 18 heavy (non-hydrogen) atoms. The minimum atomic E-state index is -4.59. The Bertz CT molecular complexity index is 442. The van der Waals surface area contributed by atoms with E-state index in [1.54, 1.807) is 5.38 Å². The summed E-state index contributed by atoms with van der Waals surface area (Å²) in [6.45, 7) is -1.69. The summed E-state index contributed by atoms with van der Waals surface area (Å²) in [7, 11) is 0. The van der Waals surface area contributed by atoms with Gasteiger partial charge in [0.2, 0.25) is 5.91 Å². The van der Waals surface area contributed by atoms with Crippen LogP contribution in [0.4, 0.5) is 18.3 Å². The molecule has 0 aliphatic carbocycles. The number of nitrogens with zero attached hydrogens (tertiary/aromatic N) is 1. The van der Waals surface area contributed by atoms with Crippen molar-refractivity contribution in [1.29, 1.82) is 0 Å². The Morgan fingerprint density at radius 3 is 2.72 bits per heavy atom. The van der Waals surface area contributed by atoms with E-state index in [4.69, 9.17) is 0 Å². The van der Waals surface area contributed by atoms with E-state index in [-0.39, 0.29) is 0 Å². The van der Waals surface area contributed by atoms with E-state index in [0.29, 0.717) is 11.2 Å². The molecule has 0 bridgehead atoms. The highest BCUT2D eigenvalue weighted by molar-refractivity contribution is 7.13. The number of ether oxygens (including phenoxy) is 1. The van der Waals surface area contributed by atoms with Crippen molar-refractivity contribution in [2.45, 2.75) is 6.18 Å². The highest BCUT2D eigenvalue weighted by Crippen LogP contribution is 2.14. The zero-order valence-corrected chi connectivity index (χ0v) is 9.55. The molecular weight excluding hydrogens is 273 g/mol. The molecule has 5 nitrogen and oxygen atoms in total. The molecule has 0 saturated heterocycles. The van der Waals surface area contributed by atoms with E-state index in [9.17, 15) is 22.8 Å². The summed E-state index contributed by atoms with van der Waals surface area (Å²) in [6.07, 6.45) is -1.76. The molecule has 1 heterocycles. The normalized spacial score (nSPS) is 11.5. The first-order valence-electron chi connectivity index (χ1n) is 4.49. The molecule has 0 unspecified atom stereocenters. The highest BCUT2D eigenvalue weighted by atomic mass is 32.1. The molecule has 1 rings (SSSR count). The van der Waals surface area contributed by atoms with Gasteiger partial charge in [0, 0.05) is 23.7 Å². The van der Waals surface area contributed by atoms with Gasteiger partial charge in [0.25, 0.3) is 0 Å². The summed E-state index contributed by atoms with van der Waals surface area (Å²) in [5, 5.41) is 4.24. The quantitative estimate of drug-likeness (QED) is 0.674. The molecule has 1 amide bonds. The summed E-state index contributed by atoms with van der Waals surface area (Å²) < 4.78 is 38.9. The molecule has 1 aromatic rings. The van der Waals surface area contributed by atoms with Crippen LogP contribution in [-0.4, -0.2) is 29.6 Å². The Balaban J connectivity index is 2.35. The van der Waals surface area contributed by atoms with E-state index in [1.165, 1.54) is 6.20 Å². The van der Waals surface area contributed by atoms with Gasteiger partial charge in [-0.1, -0.05) is 0 Å². The van der Waals surface area contributed by atoms with Crippen LogP contribution in [0, 0.1) is 0 Å². The third-order valence-electron chi connectivity index (χ3n) is 1.41. The number of esters is 1. The molecular formula is C9H7F3N2O3S. The summed E-state index contributed by atoms with van der Waals surface area (Å²) in [5.74, 6) is -1.93.